The molecule has 4 heteroatoms. The van der Waals surface area contributed by atoms with Gasteiger partial charge in [0.05, 0.1) is 5.69 Å². The highest BCUT2D eigenvalue weighted by Crippen LogP contribution is 2.16. The predicted molar refractivity (Wildman–Crippen MR) is 41.3 cm³/mol. The Labute approximate surface area is 68.4 Å². The van der Waals surface area contributed by atoms with Crippen molar-refractivity contribution < 1.29 is 8.78 Å². The molecular weight excluding hydrogens is 164 g/mol. The SMILES string of the molecule is CCn1c(C(F)F)cccc1=O. The molecule has 1 heterocycles. The molecule has 0 aliphatic heterocycles. The van der Waals surface area contributed by atoms with Crippen molar-refractivity contribution in [3.05, 3.63) is 34.2 Å². The molecule has 1 aromatic rings. The third-order valence-electron chi connectivity index (χ3n) is 1.62. The van der Waals surface area contributed by atoms with Gasteiger partial charge in [0, 0.05) is 12.6 Å². The highest BCUT2D eigenvalue weighted by Gasteiger charge is 2.11. The quantitative estimate of drug-likeness (QED) is 0.668. The molecule has 0 unspecified atom stereocenters. The minimum atomic E-state index is -2.58. The van der Waals surface area contributed by atoms with E-state index in [2.05, 4.69) is 0 Å². The molecule has 0 atom stereocenters. The molecular formula is C8H9F2NO. The minimum absolute atomic E-state index is 0.218. The number of hydrogen-bond acceptors (Lipinski definition) is 1. The van der Waals surface area contributed by atoms with Crippen LogP contribution in [0.1, 0.15) is 19.0 Å². The van der Waals surface area contributed by atoms with Crippen molar-refractivity contribution in [2.75, 3.05) is 0 Å². The van der Waals surface area contributed by atoms with Crippen molar-refractivity contribution in [3.63, 3.8) is 0 Å². The molecule has 0 radical (unpaired) electrons. The summed E-state index contributed by atoms with van der Waals surface area (Å²) in [6.45, 7) is 1.94. The normalized spacial score (nSPS) is 10.7. The molecule has 0 aliphatic rings. The van der Waals surface area contributed by atoms with E-state index >= 15 is 0 Å². The van der Waals surface area contributed by atoms with E-state index in [4.69, 9.17) is 0 Å². The van der Waals surface area contributed by atoms with Crippen molar-refractivity contribution in [1.82, 2.24) is 4.57 Å². The van der Waals surface area contributed by atoms with Crippen LogP contribution >= 0.6 is 0 Å². The number of aromatic nitrogens is 1. The number of rotatable bonds is 2. The lowest BCUT2D eigenvalue weighted by Gasteiger charge is -2.08. The van der Waals surface area contributed by atoms with Gasteiger partial charge in [0.25, 0.3) is 12.0 Å². The van der Waals surface area contributed by atoms with Crippen molar-refractivity contribution >= 4 is 0 Å². The zero-order chi connectivity index (χ0) is 9.14. The van der Waals surface area contributed by atoms with E-state index in [-0.39, 0.29) is 17.8 Å². The first kappa shape index (κ1) is 8.90. The lowest BCUT2D eigenvalue weighted by molar-refractivity contribution is 0.139. The summed E-state index contributed by atoms with van der Waals surface area (Å²) in [6, 6.07) is 3.88. The summed E-state index contributed by atoms with van der Waals surface area (Å²) in [4.78, 5) is 11.0. The van der Waals surface area contributed by atoms with Gasteiger partial charge in [0.1, 0.15) is 0 Å². The molecule has 0 spiro atoms. The van der Waals surface area contributed by atoms with Crippen LogP contribution in [0.2, 0.25) is 0 Å². The first-order valence-corrected chi connectivity index (χ1v) is 3.64. The van der Waals surface area contributed by atoms with Gasteiger partial charge >= 0.3 is 0 Å². The Morgan fingerprint density at radius 3 is 2.58 bits per heavy atom. The fourth-order valence-electron chi connectivity index (χ4n) is 1.07. The molecule has 0 saturated carbocycles. The third-order valence-corrected chi connectivity index (χ3v) is 1.62. The van der Waals surface area contributed by atoms with Gasteiger partial charge in [-0.3, -0.25) is 4.79 Å². The van der Waals surface area contributed by atoms with Crippen LogP contribution < -0.4 is 5.56 Å². The second kappa shape index (κ2) is 3.47. The first-order valence-electron chi connectivity index (χ1n) is 3.64. The summed E-state index contributed by atoms with van der Waals surface area (Å²) in [6.07, 6.45) is -2.58. The maximum Gasteiger partial charge on any atom is 0.278 e. The average molecular weight is 173 g/mol. The highest BCUT2D eigenvalue weighted by molar-refractivity contribution is 5.07. The van der Waals surface area contributed by atoms with E-state index in [0.717, 1.165) is 4.57 Å². The lowest BCUT2D eigenvalue weighted by atomic mass is 10.3. The number of hydrogen-bond donors (Lipinski definition) is 0. The molecule has 0 aromatic carbocycles. The van der Waals surface area contributed by atoms with E-state index in [1.807, 2.05) is 0 Å². The number of pyridine rings is 1. The fourth-order valence-corrected chi connectivity index (χ4v) is 1.07. The van der Waals surface area contributed by atoms with Crippen LogP contribution in [-0.4, -0.2) is 4.57 Å². The summed E-state index contributed by atoms with van der Waals surface area (Å²) in [7, 11) is 0. The molecule has 0 N–H and O–H groups in total. The summed E-state index contributed by atoms with van der Waals surface area (Å²) in [5, 5.41) is 0. The van der Waals surface area contributed by atoms with E-state index in [1.54, 1.807) is 6.92 Å². The zero-order valence-corrected chi connectivity index (χ0v) is 6.63. The van der Waals surface area contributed by atoms with Crippen LogP contribution in [0, 0.1) is 0 Å². The Hall–Kier alpha value is -1.19. The molecule has 0 saturated heterocycles. The van der Waals surface area contributed by atoms with Gasteiger partial charge in [-0.05, 0) is 13.0 Å². The molecule has 2 nitrogen and oxygen atoms in total. The monoisotopic (exact) mass is 173 g/mol. The molecule has 0 fully saturated rings. The van der Waals surface area contributed by atoms with E-state index in [1.165, 1.54) is 18.2 Å². The number of alkyl halides is 2. The lowest BCUT2D eigenvalue weighted by Crippen LogP contribution is -2.21. The van der Waals surface area contributed by atoms with Gasteiger partial charge < -0.3 is 4.57 Å². The number of halogens is 2. The number of nitrogens with zero attached hydrogens (tertiary/aromatic N) is 1. The minimum Gasteiger partial charge on any atom is -0.307 e. The summed E-state index contributed by atoms with van der Waals surface area (Å²) in [5.41, 5.74) is -0.597. The predicted octanol–water partition coefficient (Wildman–Crippen LogP) is 1.81. The molecule has 0 amide bonds. The maximum absolute atomic E-state index is 12.2. The Morgan fingerprint density at radius 2 is 2.17 bits per heavy atom. The molecule has 0 bridgehead atoms. The first-order chi connectivity index (χ1) is 5.66. The van der Waals surface area contributed by atoms with Crippen LogP contribution in [0.25, 0.3) is 0 Å². The molecule has 12 heavy (non-hydrogen) atoms. The van der Waals surface area contributed by atoms with Crippen molar-refractivity contribution in [2.24, 2.45) is 0 Å². The van der Waals surface area contributed by atoms with E-state index < -0.39 is 6.43 Å². The largest absolute Gasteiger partial charge is 0.307 e. The second-order valence-electron chi connectivity index (χ2n) is 2.33. The topological polar surface area (TPSA) is 22.0 Å². The van der Waals surface area contributed by atoms with E-state index in [0.29, 0.717) is 0 Å². The van der Waals surface area contributed by atoms with Gasteiger partial charge in [-0.2, -0.15) is 0 Å². The van der Waals surface area contributed by atoms with Crippen LogP contribution in [0.15, 0.2) is 23.0 Å². The van der Waals surface area contributed by atoms with Crippen molar-refractivity contribution in [3.8, 4) is 0 Å². The van der Waals surface area contributed by atoms with Gasteiger partial charge in [-0.1, -0.05) is 6.07 Å². The summed E-state index contributed by atoms with van der Waals surface area (Å²) >= 11 is 0. The Kier molecular flexibility index (Phi) is 2.58. The van der Waals surface area contributed by atoms with Gasteiger partial charge in [0.15, 0.2) is 0 Å². The van der Waals surface area contributed by atoms with Crippen LogP contribution in [-0.2, 0) is 6.54 Å². The van der Waals surface area contributed by atoms with Gasteiger partial charge in [-0.15, -0.1) is 0 Å². The maximum atomic E-state index is 12.2. The molecule has 66 valence electrons. The molecule has 0 aliphatic carbocycles. The summed E-state index contributed by atoms with van der Waals surface area (Å²) < 4.78 is 25.5. The van der Waals surface area contributed by atoms with Crippen molar-refractivity contribution in [1.29, 1.82) is 0 Å². The highest BCUT2D eigenvalue weighted by atomic mass is 19.3. The standard InChI is InChI=1S/C8H9F2NO/c1-2-11-6(8(9)10)4-3-5-7(11)12/h3-5,8H,2H2,1H3. The van der Waals surface area contributed by atoms with Gasteiger partial charge in [-0.25, -0.2) is 8.78 Å². The van der Waals surface area contributed by atoms with Gasteiger partial charge in [0.2, 0.25) is 0 Å². The Balaban J connectivity index is 3.28. The molecule has 1 rings (SSSR count). The average Bonchev–Trinajstić information content (AvgIpc) is 2.03. The van der Waals surface area contributed by atoms with Crippen molar-refractivity contribution in [2.45, 2.75) is 19.9 Å². The molecule has 1 aromatic heterocycles. The summed E-state index contributed by atoms with van der Waals surface area (Å²) in [5.74, 6) is 0. The zero-order valence-electron chi connectivity index (χ0n) is 6.63. The Bertz CT molecular complexity index is 319. The third kappa shape index (κ3) is 1.52. The second-order valence-corrected chi connectivity index (χ2v) is 2.33. The Morgan fingerprint density at radius 1 is 1.50 bits per heavy atom. The smallest absolute Gasteiger partial charge is 0.278 e. The van der Waals surface area contributed by atoms with Crippen LogP contribution in [0.5, 0.6) is 0 Å². The fraction of sp³-hybridized carbons (Fsp3) is 0.375. The van der Waals surface area contributed by atoms with Crippen LogP contribution in [0.4, 0.5) is 8.78 Å². The van der Waals surface area contributed by atoms with Crippen LogP contribution in [0.3, 0.4) is 0 Å². The van der Waals surface area contributed by atoms with E-state index in [9.17, 15) is 13.6 Å².